The lowest BCUT2D eigenvalue weighted by Crippen LogP contribution is -2.41. The lowest BCUT2D eigenvalue weighted by Gasteiger charge is -2.17. The smallest absolute Gasteiger partial charge is 0.408 e. The molecule has 1 saturated carbocycles. The number of ether oxygens (including phenoxy) is 2. The second-order valence-corrected chi connectivity index (χ2v) is 5.69. The van der Waals surface area contributed by atoms with Crippen molar-refractivity contribution in [3.8, 4) is 5.88 Å². The number of nitrogens with zero attached hydrogens (tertiary/aromatic N) is 1. The SMILES string of the molecule is Nc1ccc(OCC2(NC(=O)OCc3ccccc3)CC2)nc1. The van der Waals surface area contributed by atoms with E-state index in [-0.39, 0.29) is 12.1 Å². The number of carbonyl (C=O) groups excluding carboxylic acids is 1. The van der Waals surface area contributed by atoms with E-state index in [1.165, 1.54) is 6.20 Å². The van der Waals surface area contributed by atoms with Gasteiger partial charge in [-0.25, -0.2) is 9.78 Å². The molecule has 6 heteroatoms. The third kappa shape index (κ3) is 4.35. The Bertz CT molecular complexity index is 655. The summed E-state index contributed by atoms with van der Waals surface area (Å²) in [7, 11) is 0. The van der Waals surface area contributed by atoms with Crippen LogP contribution >= 0.6 is 0 Å². The van der Waals surface area contributed by atoms with Crippen molar-refractivity contribution in [2.45, 2.75) is 25.0 Å². The minimum atomic E-state index is -0.430. The first-order chi connectivity index (χ1) is 11.2. The van der Waals surface area contributed by atoms with Crippen LogP contribution in [0, 0.1) is 0 Å². The first-order valence-electron chi connectivity index (χ1n) is 7.48. The number of carbonyl (C=O) groups is 1. The number of pyridine rings is 1. The molecule has 0 aliphatic heterocycles. The highest BCUT2D eigenvalue weighted by Gasteiger charge is 2.45. The lowest BCUT2D eigenvalue weighted by atomic mass is 10.2. The fraction of sp³-hybridized carbons (Fsp3) is 0.294. The Balaban J connectivity index is 1.45. The van der Waals surface area contributed by atoms with Crippen LogP contribution in [0.3, 0.4) is 0 Å². The van der Waals surface area contributed by atoms with Crippen LogP contribution in [-0.2, 0) is 11.3 Å². The predicted molar refractivity (Wildman–Crippen MR) is 85.9 cm³/mol. The first kappa shape index (κ1) is 15.1. The fourth-order valence-electron chi connectivity index (χ4n) is 2.12. The molecule has 6 nitrogen and oxygen atoms in total. The van der Waals surface area contributed by atoms with E-state index in [2.05, 4.69) is 10.3 Å². The minimum absolute atomic E-state index is 0.253. The molecule has 0 unspecified atom stereocenters. The summed E-state index contributed by atoms with van der Waals surface area (Å²) in [5.74, 6) is 0.491. The lowest BCUT2D eigenvalue weighted by molar-refractivity contribution is 0.128. The van der Waals surface area contributed by atoms with Gasteiger partial charge in [0.25, 0.3) is 0 Å². The Morgan fingerprint density at radius 1 is 1.22 bits per heavy atom. The maximum absolute atomic E-state index is 11.9. The summed E-state index contributed by atoms with van der Waals surface area (Å²) in [4.78, 5) is 16.0. The van der Waals surface area contributed by atoms with Gasteiger partial charge in [0, 0.05) is 6.07 Å². The number of benzene rings is 1. The molecule has 1 heterocycles. The van der Waals surface area contributed by atoms with Crippen LogP contribution < -0.4 is 15.8 Å². The maximum Gasteiger partial charge on any atom is 0.408 e. The molecule has 3 rings (SSSR count). The molecule has 1 fully saturated rings. The summed E-state index contributed by atoms with van der Waals surface area (Å²) in [6.45, 7) is 0.619. The molecule has 120 valence electrons. The summed E-state index contributed by atoms with van der Waals surface area (Å²) >= 11 is 0. The highest BCUT2D eigenvalue weighted by atomic mass is 16.5. The van der Waals surface area contributed by atoms with E-state index in [0.29, 0.717) is 18.2 Å². The molecular weight excluding hydrogens is 294 g/mol. The van der Waals surface area contributed by atoms with Crippen LogP contribution in [-0.4, -0.2) is 23.2 Å². The van der Waals surface area contributed by atoms with Crippen LogP contribution in [0.25, 0.3) is 0 Å². The Morgan fingerprint density at radius 3 is 2.65 bits per heavy atom. The van der Waals surface area contributed by atoms with E-state index in [4.69, 9.17) is 15.2 Å². The van der Waals surface area contributed by atoms with E-state index in [0.717, 1.165) is 18.4 Å². The highest BCUT2D eigenvalue weighted by Crippen LogP contribution is 2.35. The quantitative estimate of drug-likeness (QED) is 0.855. The number of nitrogen functional groups attached to an aromatic ring is 1. The predicted octanol–water partition coefficient (Wildman–Crippen LogP) is 2.50. The number of alkyl carbamates (subject to hydrolysis) is 1. The Kier molecular flexibility index (Phi) is 4.32. The third-order valence-corrected chi connectivity index (χ3v) is 3.69. The van der Waals surface area contributed by atoms with Crippen molar-refractivity contribution in [2.24, 2.45) is 0 Å². The number of aromatic nitrogens is 1. The number of amides is 1. The average Bonchev–Trinajstić information content (AvgIpc) is 3.33. The summed E-state index contributed by atoms with van der Waals surface area (Å²) in [5.41, 5.74) is 6.76. The molecule has 23 heavy (non-hydrogen) atoms. The van der Waals surface area contributed by atoms with Crippen molar-refractivity contribution in [1.29, 1.82) is 0 Å². The topological polar surface area (TPSA) is 86.5 Å². The molecule has 3 N–H and O–H groups in total. The first-order valence-corrected chi connectivity index (χ1v) is 7.48. The van der Waals surface area contributed by atoms with Crippen molar-refractivity contribution in [2.75, 3.05) is 12.3 Å². The van der Waals surface area contributed by atoms with Gasteiger partial charge in [-0.2, -0.15) is 0 Å². The number of rotatable bonds is 6. The number of hydrogen-bond donors (Lipinski definition) is 2. The summed E-state index contributed by atoms with van der Waals surface area (Å²) < 4.78 is 10.8. The zero-order valence-corrected chi connectivity index (χ0v) is 12.7. The zero-order valence-electron chi connectivity index (χ0n) is 12.7. The van der Waals surface area contributed by atoms with E-state index in [1.54, 1.807) is 12.1 Å². The second kappa shape index (κ2) is 6.56. The van der Waals surface area contributed by atoms with Crippen molar-refractivity contribution in [1.82, 2.24) is 10.3 Å². The van der Waals surface area contributed by atoms with E-state index in [9.17, 15) is 4.79 Å². The molecule has 1 amide bonds. The molecule has 1 aliphatic carbocycles. The standard InChI is InChI=1S/C17H19N3O3/c18-14-6-7-15(19-10-14)23-12-17(8-9-17)20-16(21)22-11-13-4-2-1-3-5-13/h1-7,10H,8-9,11-12,18H2,(H,20,21). The van der Waals surface area contributed by atoms with Crippen LogP contribution in [0.2, 0.25) is 0 Å². The number of nitrogens with one attached hydrogen (secondary N) is 1. The summed E-state index contributed by atoms with van der Waals surface area (Å²) in [5, 5.41) is 2.88. The molecular formula is C17H19N3O3. The molecule has 0 radical (unpaired) electrons. The molecule has 0 saturated heterocycles. The third-order valence-electron chi connectivity index (χ3n) is 3.69. The highest BCUT2D eigenvalue weighted by molar-refractivity contribution is 5.69. The molecule has 0 atom stereocenters. The van der Waals surface area contributed by atoms with Gasteiger partial charge < -0.3 is 20.5 Å². The van der Waals surface area contributed by atoms with Gasteiger partial charge in [0.15, 0.2) is 0 Å². The largest absolute Gasteiger partial charge is 0.475 e. The van der Waals surface area contributed by atoms with Gasteiger partial charge >= 0.3 is 6.09 Å². The van der Waals surface area contributed by atoms with Crippen molar-refractivity contribution in [3.63, 3.8) is 0 Å². The molecule has 0 bridgehead atoms. The monoisotopic (exact) mass is 313 g/mol. The van der Waals surface area contributed by atoms with Crippen molar-refractivity contribution < 1.29 is 14.3 Å². The van der Waals surface area contributed by atoms with Crippen molar-refractivity contribution >= 4 is 11.8 Å². The van der Waals surface area contributed by atoms with Gasteiger partial charge in [-0.15, -0.1) is 0 Å². The van der Waals surface area contributed by atoms with Gasteiger partial charge in [-0.3, -0.25) is 0 Å². The molecule has 1 aromatic heterocycles. The normalized spacial score (nSPS) is 14.8. The van der Waals surface area contributed by atoms with Gasteiger partial charge in [0.05, 0.1) is 17.4 Å². The van der Waals surface area contributed by atoms with Gasteiger partial charge in [0.2, 0.25) is 5.88 Å². The van der Waals surface area contributed by atoms with Crippen LogP contribution in [0.15, 0.2) is 48.7 Å². The minimum Gasteiger partial charge on any atom is -0.475 e. The summed E-state index contributed by atoms with van der Waals surface area (Å²) in [6, 6.07) is 13.0. The zero-order chi connectivity index (χ0) is 16.1. The summed E-state index contributed by atoms with van der Waals surface area (Å²) in [6.07, 6.45) is 2.83. The molecule has 1 aliphatic rings. The van der Waals surface area contributed by atoms with Crippen molar-refractivity contribution in [3.05, 3.63) is 54.2 Å². The molecule has 2 aromatic rings. The van der Waals surface area contributed by atoms with E-state index in [1.807, 2.05) is 30.3 Å². The Labute approximate surface area is 134 Å². The van der Waals surface area contributed by atoms with Gasteiger partial charge in [-0.1, -0.05) is 30.3 Å². The Morgan fingerprint density at radius 2 is 2.00 bits per heavy atom. The maximum atomic E-state index is 11.9. The van der Waals surface area contributed by atoms with Gasteiger partial charge in [0.1, 0.15) is 13.2 Å². The molecule has 1 aromatic carbocycles. The Hall–Kier alpha value is -2.76. The fourth-order valence-corrected chi connectivity index (χ4v) is 2.12. The average molecular weight is 313 g/mol. The van der Waals surface area contributed by atoms with E-state index < -0.39 is 6.09 Å². The number of hydrogen-bond acceptors (Lipinski definition) is 5. The van der Waals surface area contributed by atoms with E-state index >= 15 is 0 Å². The van der Waals surface area contributed by atoms with Crippen LogP contribution in [0.4, 0.5) is 10.5 Å². The van der Waals surface area contributed by atoms with Crippen LogP contribution in [0.1, 0.15) is 18.4 Å². The number of nitrogens with two attached hydrogens (primary N) is 1. The van der Waals surface area contributed by atoms with Gasteiger partial charge in [-0.05, 0) is 24.5 Å². The molecule has 0 spiro atoms. The second-order valence-electron chi connectivity index (χ2n) is 5.69. The van der Waals surface area contributed by atoms with Crippen LogP contribution in [0.5, 0.6) is 5.88 Å². The number of anilines is 1.